The van der Waals surface area contributed by atoms with Gasteiger partial charge in [0.05, 0.1) is 26.6 Å². The minimum Gasteiger partial charge on any atom is -0.397 e. The summed E-state index contributed by atoms with van der Waals surface area (Å²) in [5.41, 5.74) is 6.99. The number of rotatable bonds is 5. The first kappa shape index (κ1) is 16.1. The lowest BCUT2D eigenvalue weighted by atomic mass is 10.2. The van der Waals surface area contributed by atoms with Gasteiger partial charge in [-0.2, -0.15) is 0 Å². The van der Waals surface area contributed by atoms with Gasteiger partial charge in [0, 0.05) is 4.88 Å². The summed E-state index contributed by atoms with van der Waals surface area (Å²) in [6, 6.07) is 8.41. The van der Waals surface area contributed by atoms with Crippen LogP contribution >= 0.6 is 22.9 Å². The molecule has 0 saturated heterocycles. The highest BCUT2D eigenvalue weighted by molar-refractivity contribution is 7.89. The maximum Gasteiger partial charge on any atom is 0.240 e. The molecule has 0 radical (unpaired) electrons. The fourth-order valence-electron chi connectivity index (χ4n) is 1.82. The van der Waals surface area contributed by atoms with Crippen LogP contribution in [-0.2, 0) is 10.0 Å². The lowest BCUT2D eigenvalue weighted by Crippen LogP contribution is -2.19. The number of hydrogen-bond acceptors (Lipinski definition) is 5. The molecule has 4 N–H and O–H groups in total. The van der Waals surface area contributed by atoms with Gasteiger partial charge in [-0.1, -0.05) is 11.6 Å². The van der Waals surface area contributed by atoms with E-state index >= 15 is 0 Å². The molecule has 2 aromatic rings. The van der Waals surface area contributed by atoms with Gasteiger partial charge in [-0.25, -0.2) is 13.1 Å². The van der Waals surface area contributed by atoms with Gasteiger partial charge in [-0.15, -0.1) is 11.3 Å². The summed E-state index contributed by atoms with van der Waals surface area (Å²) in [5, 5.41) is 3.25. The van der Waals surface area contributed by atoms with E-state index in [-0.39, 0.29) is 10.9 Å². The van der Waals surface area contributed by atoms with Crippen LogP contribution in [0.4, 0.5) is 11.4 Å². The maximum atomic E-state index is 11.7. The van der Waals surface area contributed by atoms with Crippen molar-refractivity contribution >= 4 is 44.3 Å². The number of hydrogen-bond donors (Lipinski definition) is 3. The zero-order valence-corrected chi connectivity index (χ0v) is 13.9. The van der Waals surface area contributed by atoms with Gasteiger partial charge in [0.2, 0.25) is 10.0 Å². The molecule has 0 fully saturated rings. The molecule has 0 saturated carbocycles. The summed E-state index contributed by atoms with van der Waals surface area (Å²) >= 11 is 7.41. The van der Waals surface area contributed by atoms with Crippen LogP contribution in [0.5, 0.6) is 0 Å². The molecule has 8 heteroatoms. The number of nitrogen functional groups attached to an aromatic ring is 1. The van der Waals surface area contributed by atoms with Gasteiger partial charge < -0.3 is 11.1 Å². The summed E-state index contributed by atoms with van der Waals surface area (Å²) in [4.78, 5) is 1.21. The van der Waals surface area contributed by atoms with Crippen LogP contribution in [-0.4, -0.2) is 15.5 Å². The lowest BCUT2D eigenvalue weighted by molar-refractivity contribution is 0.588. The molecule has 2 rings (SSSR count). The van der Waals surface area contributed by atoms with Crippen LogP contribution in [0, 0.1) is 0 Å². The van der Waals surface area contributed by atoms with Crippen LogP contribution in [0.1, 0.15) is 17.8 Å². The predicted octanol–water partition coefficient (Wildman–Crippen LogP) is 3.06. The zero-order valence-electron chi connectivity index (χ0n) is 11.6. The van der Waals surface area contributed by atoms with Crippen LogP contribution in [0.2, 0.25) is 4.34 Å². The Balaban J connectivity index is 2.22. The van der Waals surface area contributed by atoms with Crippen molar-refractivity contribution in [2.45, 2.75) is 17.9 Å². The molecule has 0 bridgehead atoms. The van der Waals surface area contributed by atoms with Crippen molar-refractivity contribution in [3.63, 3.8) is 0 Å². The van der Waals surface area contributed by atoms with Crippen LogP contribution in [0.15, 0.2) is 35.2 Å². The summed E-state index contributed by atoms with van der Waals surface area (Å²) in [6.07, 6.45) is 0. The molecule has 1 aromatic heterocycles. The first-order valence-electron chi connectivity index (χ1n) is 6.18. The molecule has 114 valence electrons. The topological polar surface area (TPSA) is 84.2 Å². The minimum absolute atomic E-state index is 0.0246. The molecule has 0 aliphatic rings. The Hall–Kier alpha value is -1.28. The fraction of sp³-hybridized carbons (Fsp3) is 0.231. The van der Waals surface area contributed by atoms with Crippen molar-refractivity contribution in [3.05, 3.63) is 39.5 Å². The van der Waals surface area contributed by atoms with Crippen molar-refractivity contribution in [3.8, 4) is 0 Å². The standard InChI is InChI=1S/C13H16ClN3O2S2/c1-8(12-5-6-13(14)20-12)17-11-4-3-9(7-10(11)15)21(18,19)16-2/h3-8,16-17H,15H2,1-2H3. The maximum absolute atomic E-state index is 11.7. The molecule has 0 spiro atoms. The summed E-state index contributed by atoms with van der Waals surface area (Å²) in [5.74, 6) is 0. The van der Waals surface area contributed by atoms with E-state index in [9.17, 15) is 8.42 Å². The molecular weight excluding hydrogens is 330 g/mol. The summed E-state index contributed by atoms with van der Waals surface area (Å²) in [7, 11) is -2.13. The molecule has 1 atom stereocenters. The van der Waals surface area contributed by atoms with E-state index in [0.717, 1.165) is 9.21 Å². The highest BCUT2D eigenvalue weighted by Gasteiger charge is 2.14. The van der Waals surface area contributed by atoms with E-state index in [4.69, 9.17) is 17.3 Å². The van der Waals surface area contributed by atoms with E-state index in [2.05, 4.69) is 10.0 Å². The predicted molar refractivity (Wildman–Crippen MR) is 88.5 cm³/mol. The number of thiophene rings is 1. The molecular formula is C13H16ClN3O2S2. The normalized spacial score (nSPS) is 13.1. The van der Waals surface area contributed by atoms with E-state index < -0.39 is 10.0 Å². The second kappa shape index (κ2) is 6.23. The van der Waals surface area contributed by atoms with E-state index in [1.165, 1.54) is 30.5 Å². The number of halogens is 1. The molecule has 0 aliphatic carbocycles. The van der Waals surface area contributed by atoms with Crippen LogP contribution in [0.3, 0.4) is 0 Å². The number of nitrogens with one attached hydrogen (secondary N) is 2. The number of nitrogens with two attached hydrogens (primary N) is 1. The third kappa shape index (κ3) is 3.68. The zero-order chi connectivity index (χ0) is 15.6. The average molecular weight is 346 g/mol. The Morgan fingerprint density at radius 3 is 2.52 bits per heavy atom. The van der Waals surface area contributed by atoms with Crippen LogP contribution < -0.4 is 15.8 Å². The van der Waals surface area contributed by atoms with Gasteiger partial charge in [-0.05, 0) is 44.3 Å². The number of anilines is 2. The largest absolute Gasteiger partial charge is 0.397 e. The SMILES string of the molecule is CNS(=O)(=O)c1ccc(NC(C)c2ccc(Cl)s2)c(N)c1. The lowest BCUT2D eigenvalue weighted by Gasteiger charge is -2.16. The van der Waals surface area contributed by atoms with Gasteiger partial charge in [0.15, 0.2) is 0 Å². The van der Waals surface area contributed by atoms with Crippen molar-refractivity contribution in [1.82, 2.24) is 4.72 Å². The first-order chi connectivity index (χ1) is 9.83. The second-order valence-corrected chi connectivity index (χ2v) is 8.10. The van der Waals surface area contributed by atoms with E-state index in [1.54, 1.807) is 6.07 Å². The Bertz CT molecular complexity index is 744. The number of benzene rings is 1. The van der Waals surface area contributed by atoms with Crippen molar-refractivity contribution in [2.75, 3.05) is 18.1 Å². The molecule has 1 unspecified atom stereocenters. The second-order valence-electron chi connectivity index (χ2n) is 4.46. The van der Waals surface area contributed by atoms with Crippen molar-refractivity contribution in [2.24, 2.45) is 0 Å². The smallest absolute Gasteiger partial charge is 0.240 e. The van der Waals surface area contributed by atoms with Gasteiger partial charge in [0.1, 0.15) is 0 Å². The van der Waals surface area contributed by atoms with Crippen LogP contribution in [0.25, 0.3) is 0 Å². The van der Waals surface area contributed by atoms with E-state index in [1.807, 2.05) is 19.1 Å². The summed E-state index contributed by atoms with van der Waals surface area (Å²) in [6.45, 7) is 1.99. The fourth-order valence-corrected chi connectivity index (χ4v) is 3.65. The molecule has 0 amide bonds. The van der Waals surface area contributed by atoms with Gasteiger partial charge in [0.25, 0.3) is 0 Å². The minimum atomic E-state index is -3.49. The quantitative estimate of drug-likeness (QED) is 0.727. The van der Waals surface area contributed by atoms with E-state index in [0.29, 0.717) is 11.4 Å². The third-order valence-corrected chi connectivity index (χ3v) is 5.82. The highest BCUT2D eigenvalue weighted by atomic mass is 35.5. The first-order valence-corrected chi connectivity index (χ1v) is 8.86. The molecule has 21 heavy (non-hydrogen) atoms. The summed E-state index contributed by atoms with van der Waals surface area (Å²) < 4.78 is 26.4. The van der Waals surface area contributed by atoms with Crippen molar-refractivity contribution < 1.29 is 8.42 Å². The Morgan fingerprint density at radius 2 is 2.00 bits per heavy atom. The molecule has 1 aromatic carbocycles. The van der Waals surface area contributed by atoms with Gasteiger partial charge >= 0.3 is 0 Å². The van der Waals surface area contributed by atoms with Gasteiger partial charge in [-0.3, -0.25) is 0 Å². The monoisotopic (exact) mass is 345 g/mol. The average Bonchev–Trinajstić information content (AvgIpc) is 2.87. The Labute approximate surface area is 133 Å². The third-order valence-electron chi connectivity index (χ3n) is 2.99. The molecule has 0 aliphatic heterocycles. The van der Waals surface area contributed by atoms with Crippen molar-refractivity contribution in [1.29, 1.82) is 0 Å². The highest BCUT2D eigenvalue weighted by Crippen LogP contribution is 2.31. The Kier molecular flexibility index (Phi) is 4.77. The number of sulfonamides is 1. The molecule has 1 heterocycles. The Morgan fingerprint density at radius 1 is 1.29 bits per heavy atom. The molecule has 5 nitrogen and oxygen atoms in total.